The largest absolute Gasteiger partial charge is 0.465 e. The van der Waals surface area contributed by atoms with Gasteiger partial charge in [0.05, 0.1) is 5.75 Å². The normalized spacial score (nSPS) is 11.6. The van der Waals surface area contributed by atoms with E-state index in [1.165, 1.54) is 70.6 Å². The average Bonchev–Trinajstić information content (AvgIpc) is 2.50. The van der Waals surface area contributed by atoms with Crippen molar-refractivity contribution in [3.63, 3.8) is 0 Å². The lowest BCUT2D eigenvalue weighted by Crippen LogP contribution is -2.14. The molecule has 0 aromatic carbocycles. The molecule has 0 radical (unpaired) electrons. The number of hydrogen-bond acceptors (Lipinski definition) is 4. The van der Waals surface area contributed by atoms with Gasteiger partial charge in [-0.1, -0.05) is 84.0 Å². The molecule has 0 fully saturated rings. The molecule has 0 aromatic heterocycles. The van der Waals surface area contributed by atoms with Gasteiger partial charge in [0.2, 0.25) is 0 Å². The van der Waals surface area contributed by atoms with Crippen LogP contribution in [0.15, 0.2) is 0 Å². The number of carbonyl (C=O) groups excluding carboxylic acids is 1. The Morgan fingerprint density at radius 3 is 1.58 bits per heavy atom. The van der Waals surface area contributed by atoms with E-state index in [9.17, 15) is 13.2 Å². The number of esters is 1. The van der Waals surface area contributed by atoms with Crippen molar-refractivity contribution >= 4 is 15.8 Å². The van der Waals surface area contributed by atoms with Gasteiger partial charge in [-0.3, -0.25) is 4.79 Å². The van der Waals surface area contributed by atoms with Crippen molar-refractivity contribution in [3.05, 3.63) is 0 Å². The summed E-state index contributed by atoms with van der Waals surface area (Å²) in [4.78, 5) is 11.4. The maximum Gasteiger partial charge on any atom is 0.305 e. The second-order valence-corrected chi connectivity index (χ2v) is 9.10. The summed E-state index contributed by atoms with van der Waals surface area (Å²) >= 11 is 0. The van der Waals surface area contributed by atoms with Crippen molar-refractivity contribution < 1.29 is 17.9 Å². The summed E-state index contributed by atoms with van der Waals surface area (Å²) in [5, 5.41) is 0. The molecule has 0 atom stereocenters. The lowest BCUT2D eigenvalue weighted by molar-refractivity contribution is -0.143. The van der Waals surface area contributed by atoms with Crippen LogP contribution in [-0.4, -0.2) is 33.0 Å². The molecule has 4 nitrogen and oxygen atoms in total. The molecular formula is C19H38O4S. The van der Waals surface area contributed by atoms with Crippen LogP contribution in [0.1, 0.15) is 96.8 Å². The van der Waals surface area contributed by atoms with E-state index in [2.05, 4.69) is 6.92 Å². The zero-order valence-corrected chi connectivity index (χ0v) is 16.7. The minimum atomic E-state index is -3.05. The molecular weight excluding hydrogens is 324 g/mol. The third-order valence-electron chi connectivity index (χ3n) is 4.20. The van der Waals surface area contributed by atoms with Crippen LogP contribution in [0.25, 0.3) is 0 Å². The van der Waals surface area contributed by atoms with E-state index >= 15 is 0 Å². The van der Waals surface area contributed by atoms with Crippen molar-refractivity contribution in [1.82, 2.24) is 0 Å². The Kier molecular flexibility index (Phi) is 15.5. The number of unbranched alkanes of at least 4 members (excludes halogenated alkanes) is 12. The van der Waals surface area contributed by atoms with E-state index in [-0.39, 0.29) is 18.3 Å². The summed E-state index contributed by atoms with van der Waals surface area (Å²) in [5.41, 5.74) is 0. The van der Waals surface area contributed by atoms with Gasteiger partial charge in [0.25, 0.3) is 0 Å². The Morgan fingerprint density at radius 2 is 1.17 bits per heavy atom. The first-order chi connectivity index (χ1) is 11.5. The van der Waals surface area contributed by atoms with Crippen LogP contribution in [0, 0.1) is 0 Å². The molecule has 0 N–H and O–H groups in total. The predicted octanol–water partition coefficient (Wildman–Crippen LogP) is 5.06. The molecule has 0 amide bonds. The third kappa shape index (κ3) is 19.5. The fourth-order valence-corrected chi connectivity index (χ4v) is 3.05. The van der Waals surface area contributed by atoms with Crippen molar-refractivity contribution in [3.8, 4) is 0 Å². The standard InChI is InChI=1S/C19H38O4S/c1-3-4-5-6-7-8-9-10-11-12-13-14-15-16-19(20)23-17-18-24(2,21)22/h3-18H2,1-2H3. The highest BCUT2D eigenvalue weighted by Crippen LogP contribution is 2.13. The quantitative estimate of drug-likeness (QED) is 0.268. The Hall–Kier alpha value is -0.580. The van der Waals surface area contributed by atoms with Crippen LogP contribution in [0.4, 0.5) is 0 Å². The third-order valence-corrected chi connectivity index (χ3v) is 5.11. The van der Waals surface area contributed by atoms with Gasteiger partial charge in [0.15, 0.2) is 9.84 Å². The van der Waals surface area contributed by atoms with Gasteiger partial charge in [-0.15, -0.1) is 0 Å². The highest BCUT2D eigenvalue weighted by molar-refractivity contribution is 7.90. The molecule has 5 heteroatoms. The summed E-state index contributed by atoms with van der Waals surface area (Å²) in [6, 6.07) is 0. The Morgan fingerprint density at radius 1 is 0.750 bits per heavy atom. The SMILES string of the molecule is CCCCCCCCCCCCCCCC(=O)OCCS(C)(=O)=O. The van der Waals surface area contributed by atoms with Crippen LogP contribution in [0.5, 0.6) is 0 Å². The van der Waals surface area contributed by atoms with Crippen LogP contribution in [0.2, 0.25) is 0 Å². The molecule has 144 valence electrons. The summed E-state index contributed by atoms with van der Waals surface area (Å²) in [5.74, 6) is -0.362. The lowest BCUT2D eigenvalue weighted by Gasteiger charge is -2.04. The second kappa shape index (κ2) is 15.9. The smallest absolute Gasteiger partial charge is 0.305 e. The number of ether oxygens (including phenoxy) is 1. The summed E-state index contributed by atoms with van der Waals surface area (Å²) in [6.45, 7) is 2.23. The van der Waals surface area contributed by atoms with Gasteiger partial charge in [-0.2, -0.15) is 0 Å². The van der Waals surface area contributed by atoms with E-state index in [1.807, 2.05) is 0 Å². The minimum Gasteiger partial charge on any atom is -0.465 e. The molecule has 0 unspecified atom stereocenters. The van der Waals surface area contributed by atoms with Crippen LogP contribution >= 0.6 is 0 Å². The lowest BCUT2D eigenvalue weighted by atomic mass is 10.0. The van der Waals surface area contributed by atoms with Gasteiger partial charge < -0.3 is 4.74 Å². The molecule has 0 heterocycles. The van der Waals surface area contributed by atoms with Crippen molar-refractivity contribution in [2.75, 3.05) is 18.6 Å². The zero-order valence-electron chi connectivity index (χ0n) is 15.9. The highest BCUT2D eigenvalue weighted by Gasteiger charge is 2.06. The van der Waals surface area contributed by atoms with Crippen molar-refractivity contribution in [2.24, 2.45) is 0 Å². The molecule has 0 spiro atoms. The number of carbonyl (C=O) groups is 1. The van der Waals surface area contributed by atoms with Crippen molar-refractivity contribution in [1.29, 1.82) is 0 Å². The van der Waals surface area contributed by atoms with E-state index in [1.54, 1.807) is 0 Å². The fraction of sp³-hybridized carbons (Fsp3) is 0.947. The number of hydrogen-bond donors (Lipinski definition) is 0. The highest BCUT2D eigenvalue weighted by atomic mass is 32.2. The Bertz CT molecular complexity index is 390. The van der Waals surface area contributed by atoms with Gasteiger partial charge in [0.1, 0.15) is 6.61 Å². The van der Waals surface area contributed by atoms with Gasteiger partial charge in [0, 0.05) is 12.7 Å². The summed E-state index contributed by atoms with van der Waals surface area (Å²) in [6.07, 6.45) is 18.1. The van der Waals surface area contributed by atoms with Gasteiger partial charge >= 0.3 is 5.97 Å². The van der Waals surface area contributed by atoms with Crippen LogP contribution in [0.3, 0.4) is 0 Å². The van der Waals surface area contributed by atoms with E-state index in [0.29, 0.717) is 6.42 Å². The first-order valence-electron chi connectivity index (χ1n) is 9.79. The molecule has 0 saturated heterocycles. The Labute approximate surface area is 149 Å². The average molecular weight is 363 g/mol. The maximum absolute atomic E-state index is 11.4. The number of sulfone groups is 1. The topological polar surface area (TPSA) is 60.4 Å². The summed E-state index contributed by atoms with van der Waals surface area (Å²) in [7, 11) is -3.05. The monoisotopic (exact) mass is 362 g/mol. The first-order valence-corrected chi connectivity index (χ1v) is 11.8. The van der Waals surface area contributed by atoms with Crippen LogP contribution in [-0.2, 0) is 19.4 Å². The van der Waals surface area contributed by atoms with E-state index in [4.69, 9.17) is 4.74 Å². The van der Waals surface area contributed by atoms with E-state index in [0.717, 1.165) is 19.1 Å². The molecule has 0 aliphatic carbocycles. The molecule has 24 heavy (non-hydrogen) atoms. The molecule has 0 bridgehead atoms. The fourth-order valence-electron chi connectivity index (χ4n) is 2.67. The van der Waals surface area contributed by atoms with Crippen LogP contribution < -0.4 is 0 Å². The molecule has 0 saturated carbocycles. The number of rotatable bonds is 17. The van der Waals surface area contributed by atoms with Gasteiger partial charge in [-0.05, 0) is 6.42 Å². The minimum absolute atomic E-state index is 0.0177. The second-order valence-electron chi connectivity index (χ2n) is 6.84. The maximum atomic E-state index is 11.4. The Balaban J connectivity index is 3.20. The summed E-state index contributed by atoms with van der Waals surface area (Å²) < 4.78 is 26.7. The molecule has 0 aliphatic rings. The molecule has 0 aromatic rings. The zero-order chi connectivity index (χ0) is 18.1. The van der Waals surface area contributed by atoms with Crippen molar-refractivity contribution in [2.45, 2.75) is 96.8 Å². The molecule has 0 aliphatic heterocycles. The van der Waals surface area contributed by atoms with Gasteiger partial charge in [-0.25, -0.2) is 8.42 Å². The van der Waals surface area contributed by atoms with E-state index < -0.39 is 9.84 Å². The predicted molar refractivity (Wildman–Crippen MR) is 101 cm³/mol. The first kappa shape index (κ1) is 23.4. The molecule has 0 rings (SSSR count).